The molecule has 4 aromatic carbocycles. The number of rotatable bonds is 9. The molecule has 5 nitrogen and oxygen atoms in total. The van der Waals surface area contributed by atoms with Crippen LogP contribution in [-0.2, 0) is 10.5 Å². The smallest absolute Gasteiger partial charge is 0.232 e. The first-order valence-electron chi connectivity index (χ1n) is 13.1. The van der Waals surface area contributed by atoms with E-state index in [1.54, 1.807) is 11.8 Å². The lowest BCUT2D eigenvalue weighted by Gasteiger charge is -2.21. The minimum atomic E-state index is -0.430. The average Bonchev–Trinajstić information content (AvgIpc) is 3.38. The molecule has 1 atom stereocenters. The maximum absolute atomic E-state index is 13.8. The molecule has 1 N–H and O–H groups in total. The molecule has 1 amide bonds. The summed E-state index contributed by atoms with van der Waals surface area (Å²) >= 11 is 1.65. The van der Waals surface area contributed by atoms with Gasteiger partial charge in [-0.3, -0.25) is 9.36 Å². The van der Waals surface area contributed by atoms with Crippen LogP contribution in [0, 0.1) is 13.8 Å². The summed E-state index contributed by atoms with van der Waals surface area (Å²) in [6.07, 6.45) is 0. The van der Waals surface area contributed by atoms with E-state index in [0.717, 1.165) is 27.7 Å². The molecule has 0 saturated heterocycles. The van der Waals surface area contributed by atoms with Gasteiger partial charge in [-0.05, 0) is 55.2 Å². The molecule has 0 aliphatic heterocycles. The largest absolute Gasteiger partial charge is 0.346 e. The number of nitrogens with one attached hydrogen (secondary N) is 1. The molecule has 0 saturated carbocycles. The highest BCUT2D eigenvalue weighted by Gasteiger charge is 2.27. The molecule has 0 aliphatic rings. The highest BCUT2D eigenvalue weighted by Crippen LogP contribution is 2.30. The number of aromatic nitrogens is 3. The molecule has 0 aliphatic carbocycles. The van der Waals surface area contributed by atoms with E-state index < -0.39 is 5.92 Å². The minimum Gasteiger partial charge on any atom is -0.346 e. The highest BCUT2D eigenvalue weighted by molar-refractivity contribution is 7.98. The van der Waals surface area contributed by atoms with Crippen molar-refractivity contribution in [3.63, 3.8) is 0 Å². The molecule has 0 radical (unpaired) electrons. The van der Waals surface area contributed by atoms with E-state index in [2.05, 4.69) is 82.5 Å². The molecule has 0 fully saturated rings. The molecule has 1 heterocycles. The van der Waals surface area contributed by atoms with Crippen LogP contribution in [0.2, 0.25) is 0 Å². The maximum atomic E-state index is 13.8. The quantitative estimate of drug-likeness (QED) is 0.204. The van der Waals surface area contributed by atoms with Gasteiger partial charge in [-0.15, -0.1) is 10.2 Å². The Kier molecular flexibility index (Phi) is 8.23. The summed E-state index contributed by atoms with van der Waals surface area (Å²) in [4.78, 5) is 13.8. The molecule has 5 rings (SSSR count). The van der Waals surface area contributed by atoms with Crippen LogP contribution in [0.4, 0.5) is 0 Å². The number of aryl methyl sites for hydroxylation is 2. The zero-order valence-electron chi connectivity index (χ0n) is 22.4. The van der Waals surface area contributed by atoms with Gasteiger partial charge >= 0.3 is 0 Å². The topological polar surface area (TPSA) is 59.8 Å². The van der Waals surface area contributed by atoms with E-state index in [1.165, 1.54) is 16.7 Å². The van der Waals surface area contributed by atoms with Gasteiger partial charge in [0.2, 0.25) is 5.91 Å². The van der Waals surface area contributed by atoms with Crippen LogP contribution in [0.5, 0.6) is 0 Å². The summed E-state index contributed by atoms with van der Waals surface area (Å²) in [6.45, 7) is 6.16. The first kappa shape index (κ1) is 26.4. The predicted molar refractivity (Wildman–Crippen MR) is 158 cm³/mol. The molecule has 1 aromatic heterocycles. The summed E-state index contributed by atoms with van der Waals surface area (Å²) in [6, 6.07) is 36.1. The Morgan fingerprint density at radius 3 is 2.00 bits per heavy atom. The Labute approximate surface area is 234 Å². The second-order valence-corrected chi connectivity index (χ2v) is 10.7. The number of amides is 1. The first-order chi connectivity index (χ1) is 19.0. The van der Waals surface area contributed by atoms with Gasteiger partial charge in [-0.2, -0.15) is 0 Å². The SMILES string of the molecule is Cc1ccc(-n2c(SCc3ccccc3C)nnc2C(C)NC(=O)C(c2ccccc2)c2ccccc2)cc1. The fourth-order valence-electron chi connectivity index (χ4n) is 4.65. The van der Waals surface area contributed by atoms with Crippen LogP contribution in [0.3, 0.4) is 0 Å². The summed E-state index contributed by atoms with van der Waals surface area (Å²) in [5.74, 6) is 0.967. The van der Waals surface area contributed by atoms with Crippen molar-refractivity contribution in [2.24, 2.45) is 0 Å². The Balaban J connectivity index is 1.46. The normalized spacial score (nSPS) is 11.9. The Bertz CT molecular complexity index is 1490. The van der Waals surface area contributed by atoms with Gasteiger partial charge in [0.25, 0.3) is 0 Å². The van der Waals surface area contributed by atoms with Gasteiger partial charge in [-0.25, -0.2) is 0 Å². The molecule has 196 valence electrons. The second-order valence-electron chi connectivity index (χ2n) is 9.71. The third-order valence-corrected chi connectivity index (χ3v) is 7.82. The van der Waals surface area contributed by atoms with Crippen molar-refractivity contribution >= 4 is 17.7 Å². The summed E-state index contributed by atoms with van der Waals surface area (Å²) < 4.78 is 2.06. The molecule has 5 aromatic rings. The Morgan fingerprint density at radius 1 is 0.795 bits per heavy atom. The van der Waals surface area contributed by atoms with Crippen LogP contribution in [0.1, 0.15) is 52.5 Å². The van der Waals surface area contributed by atoms with Crippen molar-refractivity contribution in [3.05, 3.63) is 143 Å². The third-order valence-electron chi connectivity index (χ3n) is 6.84. The number of hydrogen-bond acceptors (Lipinski definition) is 4. The van der Waals surface area contributed by atoms with Crippen LogP contribution in [0.15, 0.2) is 114 Å². The lowest BCUT2D eigenvalue weighted by Crippen LogP contribution is -2.33. The van der Waals surface area contributed by atoms with Crippen molar-refractivity contribution in [3.8, 4) is 5.69 Å². The molecule has 39 heavy (non-hydrogen) atoms. The zero-order chi connectivity index (χ0) is 27.2. The molecular formula is C33H32N4OS. The lowest BCUT2D eigenvalue weighted by atomic mass is 9.90. The summed E-state index contributed by atoms with van der Waals surface area (Å²) in [5.41, 5.74) is 6.55. The molecule has 0 spiro atoms. The number of hydrogen-bond donors (Lipinski definition) is 1. The number of carbonyl (C=O) groups is 1. The number of carbonyl (C=O) groups excluding carboxylic acids is 1. The van der Waals surface area contributed by atoms with Crippen LogP contribution in [-0.4, -0.2) is 20.7 Å². The number of thioether (sulfide) groups is 1. The monoisotopic (exact) mass is 532 g/mol. The van der Waals surface area contributed by atoms with Gasteiger partial charge < -0.3 is 5.32 Å². The van der Waals surface area contributed by atoms with Crippen molar-refractivity contribution in [2.75, 3.05) is 0 Å². The average molecular weight is 533 g/mol. The Morgan fingerprint density at radius 2 is 1.38 bits per heavy atom. The highest BCUT2D eigenvalue weighted by atomic mass is 32.2. The number of benzene rings is 4. The van der Waals surface area contributed by atoms with Crippen molar-refractivity contribution in [1.82, 2.24) is 20.1 Å². The maximum Gasteiger partial charge on any atom is 0.232 e. The van der Waals surface area contributed by atoms with E-state index in [4.69, 9.17) is 0 Å². The van der Waals surface area contributed by atoms with Crippen molar-refractivity contribution < 1.29 is 4.79 Å². The van der Waals surface area contributed by atoms with Gasteiger partial charge in [0, 0.05) is 11.4 Å². The Hall–Kier alpha value is -4.16. The van der Waals surface area contributed by atoms with Gasteiger partial charge in [0.1, 0.15) is 0 Å². The number of nitrogens with zero attached hydrogens (tertiary/aromatic N) is 3. The van der Waals surface area contributed by atoms with E-state index >= 15 is 0 Å². The van der Waals surface area contributed by atoms with Gasteiger partial charge in [-0.1, -0.05) is 114 Å². The first-order valence-corrected chi connectivity index (χ1v) is 14.1. The fourth-order valence-corrected chi connectivity index (χ4v) is 5.69. The predicted octanol–water partition coefficient (Wildman–Crippen LogP) is 7.19. The molecular weight excluding hydrogens is 500 g/mol. The second kappa shape index (κ2) is 12.1. The van der Waals surface area contributed by atoms with Crippen LogP contribution < -0.4 is 5.32 Å². The standard InChI is InChI=1S/C33H32N4OS/c1-23-18-20-29(21-19-23)37-31(35-36-33(37)39-22-28-17-11-10-12-24(28)2)25(3)34-32(38)30(26-13-6-4-7-14-26)27-15-8-5-9-16-27/h4-21,25,30H,22H2,1-3H3,(H,34,38). The van der Waals surface area contributed by atoms with Crippen molar-refractivity contribution in [1.29, 1.82) is 0 Å². The van der Waals surface area contributed by atoms with E-state index in [1.807, 2.05) is 67.6 Å². The third kappa shape index (κ3) is 6.13. The fraction of sp³-hybridized carbons (Fsp3) is 0.182. The molecule has 6 heteroatoms. The van der Waals surface area contributed by atoms with E-state index in [0.29, 0.717) is 5.82 Å². The summed E-state index contributed by atoms with van der Waals surface area (Å²) in [7, 11) is 0. The van der Waals surface area contributed by atoms with Gasteiger partial charge in [0.15, 0.2) is 11.0 Å². The lowest BCUT2D eigenvalue weighted by molar-refractivity contribution is -0.122. The summed E-state index contributed by atoms with van der Waals surface area (Å²) in [5, 5.41) is 13.2. The van der Waals surface area contributed by atoms with Crippen LogP contribution >= 0.6 is 11.8 Å². The minimum absolute atomic E-state index is 0.0764. The van der Waals surface area contributed by atoms with Crippen molar-refractivity contribution in [2.45, 2.75) is 43.6 Å². The molecule has 1 unspecified atom stereocenters. The van der Waals surface area contributed by atoms with Crippen LogP contribution in [0.25, 0.3) is 5.69 Å². The molecule has 0 bridgehead atoms. The van der Waals surface area contributed by atoms with Gasteiger partial charge in [0.05, 0.1) is 12.0 Å². The zero-order valence-corrected chi connectivity index (χ0v) is 23.2. The van der Waals surface area contributed by atoms with E-state index in [-0.39, 0.29) is 11.9 Å². The van der Waals surface area contributed by atoms with E-state index in [9.17, 15) is 4.79 Å².